The topological polar surface area (TPSA) is 30.5 Å². The molecular weight excluding hydrogens is 202 g/mol. The molecule has 0 heterocycles. The fourth-order valence-corrected chi connectivity index (χ4v) is 0.972. The summed E-state index contributed by atoms with van der Waals surface area (Å²) in [6.45, 7) is 0.679. The van der Waals surface area contributed by atoms with Gasteiger partial charge in [-0.15, -0.1) is 11.4 Å². The molecule has 4 heteroatoms. The van der Waals surface area contributed by atoms with Crippen LogP contribution in [-0.2, 0) is 11.4 Å². The summed E-state index contributed by atoms with van der Waals surface area (Å²) in [5.41, 5.74) is 0.992. The second-order valence-electron chi connectivity index (χ2n) is 2.50. The van der Waals surface area contributed by atoms with E-state index in [1.165, 1.54) is 0 Å². The zero-order valence-corrected chi connectivity index (χ0v) is 8.25. The monoisotopic (exact) mass is 211 g/mol. The lowest BCUT2D eigenvalue weighted by Gasteiger charge is -2.03. The van der Waals surface area contributed by atoms with Crippen molar-refractivity contribution in [1.29, 1.82) is 0 Å². The maximum atomic E-state index is 5.20. The fraction of sp³-hybridized carbons (Fsp3) is 0.200. The van der Waals surface area contributed by atoms with Crippen molar-refractivity contribution in [3.63, 3.8) is 0 Å². The van der Waals surface area contributed by atoms with E-state index in [2.05, 4.69) is 10.9 Å². The molecule has 0 saturated carbocycles. The smallest absolute Gasteiger partial charge is 0.148 e. The Morgan fingerprint density at radius 3 is 2.64 bits per heavy atom. The first kappa shape index (κ1) is 10.9. The van der Waals surface area contributed by atoms with Gasteiger partial charge >= 0.3 is 0 Å². The summed E-state index contributed by atoms with van der Waals surface area (Å²) in [5, 5.41) is 0. The van der Waals surface area contributed by atoms with Gasteiger partial charge in [0.1, 0.15) is 12.4 Å². The van der Waals surface area contributed by atoms with Crippen LogP contribution in [0.3, 0.4) is 0 Å². The maximum absolute atomic E-state index is 5.20. The van der Waals surface area contributed by atoms with Gasteiger partial charge in [-0.05, 0) is 17.7 Å². The fourth-order valence-electron chi connectivity index (χ4n) is 0.918. The maximum Gasteiger partial charge on any atom is 0.148 e. The predicted molar refractivity (Wildman–Crippen MR) is 54.5 cm³/mol. The third-order valence-electron chi connectivity index (χ3n) is 1.54. The Hall–Kier alpha value is -1.21. The summed E-state index contributed by atoms with van der Waals surface area (Å²) >= 11 is 5.13. The lowest BCUT2D eigenvalue weighted by atomic mass is 10.2. The summed E-state index contributed by atoms with van der Waals surface area (Å²) in [5.74, 6) is 3.13. The van der Waals surface area contributed by atoms with Crippen LogP contribution in [0.25, 0.3) is 0 Å². The minimum Gasteiger partial charge on any atom is -0.481 e. The minimum absolute atomic E-state index is 0.277. The van der Waals surface area contributed by atoms with E-state index in [4.69, 9.17) is 27.8 Å². The van der Waals surface area contributed by atoms with Crippen molar-refractivity contribution in [2.45, 2.75) is 6.61 Å². The molecular formula is C10H10ClNO2. The number of hydrogen-bond acceptors (Lipinski definition) is 3. The first-order chi connectivity index (χ1) is 6.86. The van der Waals surface area contributed by atoms with E-state index < -0.39 is 0 Å². The van der Waals surface area contributed by atoms with Gasteiger partial charge in [0, 0.05) is 11.8 Å². The van der Waals surface area contributed by atoms with Gasteiger partial charge in [-0.3, -0.25) is 4.84 Å². The van der Waals surface area contributed by atoms with Crippen LogP contribution in [0.2, 0.25) is 0 Å². The van der Waals surface area contributed by atoms with Gasteiger partial charge in [0.25, 0.3) is 0 Å². The predicted octanol–water partition coefficient (Wildman–Crippen LogP) is 1.87. The van der Waals surface area contributed by atoms with Crippen molar-refractivity contribution in [3.8, 4) is 18.1 Å². The number of halogens is 1. The van der Waals surface area contributed by atoms with Crippen LogP contribution in [0.5, 0.6) is 5.75 Å². The molecule has 74 valence electrons. The van der Waals surface area contributed by atoms with Crippen LogP contribution >= 0.6 is 11.8 Å². The summed E-state index contributed by atoms with van der Waals surface area (Å²) in [4.78, 5) is 6.86. The molecule has 0 spiro atoms. The molecule has 0 atom stereocenters. The molecule has 0 bridgehead atoms. The summed E-state index contributed by atoms with van der Waals surface area (Å²) in [6, 6.07) is 7.40. The molecule has 0 radical (unpaired) electrons. The van der Waals surface area contributed by atoms with Crippen molar-refractivity contribution >= 4 is 11.8 Å². The van der Waals surface area contributed by atoms with Crippen molar-refractivity contribution in [3.05, 3.63) is 29.8 Å². The van der Waals surface area contributed by atoms with Crippen molar-refractivity contribution in [1.82, 2.24) is 5.00 Å². The molecule has 1 rings (SSSR count). The Morgan fingerprint density at radius 1 is 1.36 bits per heavy atom. The Kier molecular flexibility index (Phi) is 4.87. The first-order valence-electron chi connectivity index (χ1n) is 3.99. The first-order valence-corrected chi connectivity index (χ1v) is 4.37. The van der Waals surface area contributed by atoms with Gasteiger partial charge in [-0.2, -0.15) is 0 Å². The molecule has 1 aromatic rings. The largest absolute Gasteiger partial charge is 0.481 e. The SMILES string of the molecule is C#CCOc1ccc(CONCl)cc1. The normalized spacial score (nSPS) is 9.43. The van der Waals surface area contributed by atoms with E-state index >= 15 is 0 Å². The number of ether oxygens (including phenoxy) is 1. The highest BCUT2D eigenvalue weighted by Gasteiger charge is 1.94. The number of rotatable bonds is 5. The van der Waals surface area contributed by atoms with Crippen LogP contribution in [-0.4, -0.2) is 6.61 Å². The highest BCUT2D eigenvalue weighted by molar-refractivity contribution is 6.12. The number of terminal acetylenes is 1. The Balaban J connectivity index is 2.47. The summed E-state index contributed by atoms with van der Waals surface area (Å²) in [7, 11) is 0. The second-order valence-corrected chi connectivity index (χ2v) is 2.66. The number of nitrogens with one attached hydrogen (secondary N) is 1. The molecule has 1 aromatic carbocycles. The third kappa shape index (κ3) is 3.67. The lowest BCUT2D eigenvalue weighted by Crippen LogP contribution is -2.00. The molecule has 0 amide bonds. The molecule has 0 aromatic heterocycles. The van der Waals surface area contributed by atoms with Gasteiger partial charge < -0.3 is 4.74 Å². The molecule has 3 nitrogen and oxygen atoms in total. The highest BCUT2D eigenvalue weighted by Crippen LogP contribution is 2.12. The van der Waals surface area contributed by atoms with Crippen LogP contribution in [0.4, 0.5) is 0 Å². The highest BCUT2D eigenvalue weighted by atomic mass is 35.5. The molecule has 14 heavy (non-hydrogen) atoms. The molecule has 0 unspecified atom stereocenters. The van der Waals surface area contributed by atoms with Crippen LogP contribution in [0, 0.1) is 12.3 Å². The molecule has 0 saturated heterocycles. The Labute approximate surface area is 88.0 Å². The van der Waals surface area contributed by atoms with Crippen molar-refractivity contribution in [2.24, 2.45) is 0 Å². The van der Waals surface area contributed by atoms with E-state index in [-0.39, 0.29) is 6.61 Å². The average molecular weight is 212 g/mol. The van der Waals surface area contributed by atoms with Crippen molar-refractivity contribution < 1.29 is 9.57 Å². The zero-order chi connectivity index (χ0) is 10.2. The minimum atomic E-state index is 0.277. The third-order valence-corrected chi connectivity index (χ3v) is 1.65. The Morgan fingerprint density at radius 2 is 2.07 bits per heavy atom. The van der Waals surface area contributed by atoms with E-state index in [0.717, 1.165) is 11.3 Å². The quantitative estimate of drug-likeness (QED) is 0.458. The van der Waals surface area contributed by atoms with Gasteiger partial charge in [-0.25, -0.2) is 0 Å². The molecule has 0 aliphatic rings. The molecule has 0 aliphatic heterocycles. The van der Waals surface area contributed by atoms with Gasteiger partial charge in [0.05, 0.1) is 6.61 Å². The second kappa shape index (κ2) is 6.28. The number of benzene rings is 1. The van der Waals surface area contributed by atoms with Crippen LogP contribution in [0.1, 0.15) is 5.56 Å². The Bertz CT molecular complexity index is 305. The lowest BCUT2D eigenvalue weighted by molar-refractivity contribution is 0.0817. The summed E-state index contributed by atoms with van der Waals surface area (Å²) in [6.07, 6.45) is 5.05. The zero-order valence-electron chi connectivity index (χ0n) is 7.50. The molecule has 0 fully saturated rings. The van der Waals surface area contributed by atoms with E-state index in [1.54, 1.807) is 0 Å². The van der Waals surface area contributed by atoms with Gasteiger partial charge in [0.2, 0.25) is 0 Å². The van der Waals surface area contributed by atoms with Gasteiger partial charge in [0.15, 0.2) is 0 Å². The standard InChI is InChI=1S/C10H10ClNO2/c1-2-7-13-10-5-3-9(4-6-10)8-14-12-11/h1,3-6,12H,7-8H2. The van der Waals surface area contributed by atoms with E-state index in [9.17, 15) is 0 Å². The van der Waals surface area contributed by atoms with Crippen molar-refractivity contribution in [2.75, 3.05) is 6.61 Å². The van der Waals surface area contributed by atoms with E-state index in [0.29, 0.717) is 6.61 Å². The molecule has 0 aliphatic carbocycles. The van der Waals surface area contributed by atoms with Crippen LogP contribution < -0.4 is 9.74 Å². The summed E-state index contributed by atoms with van der Waals surface area (Å²) < 4.78 is 5.20. The van der Waals surface area contributed by atoms with Crippen LogP contribution in [0.15, 0.2) is 24.3 Å². The number of hydrogen-bond donors (Lipinski definition) is 1. The van der Waals surface area contributed by atoms with E-state index in [1.807, 2.05) is 24.3 Å². The molecule has 1 N–H and O–H groups in total. The average Bonchev–Trinajstić information content (AvgIpc) is 2.25. The van der Waals surface area contributed by atoms with Gasteiger partial charge in [-0.1, -0.05) is 18.1 Å².